The fraction of sp³-hybridized carbons (Fsp3) is 1.00. The normalized spacial score (nSPS) is 14.3. The number of thioether (sulfide) groups is 1. The molecular weight excluding hydrogens is 136 g/mol. The first kappa shape index (κ1) is 9.27. The van der Waals surface area contributed by atoms with Crippen LogP contribution in [-0.4, -0.2) is 28.0 Å². The van der Waals surface area contributed by atoms with Gasteiger partial charge in [-0.15, -0.1) is 0 Å². The summed E-state index contributed by atoms with van der Waals surface area (Å²) in [4.78, 5) is 0. The molecule has 0 saturated heterocycles. The van der Waals surface area contributed by atoms with E-state index in [0.29, 0.717) is 0 Å². The van der Waals surface area contributed by atoms with E-state index in [1.807, 2.05) is 13.2 Å². The summed E-state index contributed by atoms with van der Waals surface area (Å²) in [5, 5.41) is 17.4. The molecule has 0 fully saturated rings. The second-order valence-electron chi connectivity index (χ2n) is 1.98. The first-order valence-corrected chi connectivity index (χ1v) is 4.40. The molecule has 1 atom stereocenters. The molecule has 0 amide bonds. The van der Waals surface area contributed by atoms with Crippen molar-refractivity contribution >= 4 is 11.8 Å². The smallest absolute Gasteiger partial charge is 0.163 e. The summed E-state index contributed by atoms with van der Waals surface area (Å²) in [7, 11) is 0. The van der Waals surface area contributed by atoms with Crippen LogP contribution in [0.1, 0.15) is 19.8 Å². The average Bonchev–Trinajstić information content (AvgIpc) is 1.82. The van der Waals surface area contributed by atoms with Crippen LogP contribution in [-0.2, 0) is 0 Å². The van der Waals surface area contributed by atoms with Crippen molar-refractivity contribution in [2.45, 2.75) is 31.3 Å². The van der Waals surface area contributed by atoms with Gasteiger partial charge in [-0.2, -0.15) is 11.8 Å². The fourth-order valence-electron chi connectivity index (χ4n) is 0.673. The van der Waals surface area contributed by atoms with Crippen LogP contribution in [0.2, 0.25) is 0 Å². The minimum Gasteiger partial charge on any atom is -0.367 e. The molecule has 0 heterocycles. The lowest BCUT2D eigenvalue weighted by Crippen LogP contribution is -2.21. The monoisotopic (exact) mass is 150 g/mol. The molecule has 3 heteroatoms. The third kappa shape index (κ3) is 3.78. The van der Waals surface area contributed by atoms with Crippen molar-refractivity contribution in [3.63, 3.8) is 0 Å². The summed E-state index contributed by atoms with van der Waals surface area (Å²) in [6.07, 6.45) is 2.61. The van der Waals surface area contributed by atoms with Crippen molar-refractivity contribution in [2.24, 2.45) is 0 Å². The van der Waals surface area contributed by atoms with Crippen LogP contribution < -0.4 is 0 Å². The van der Waals surface area contributed by atoms with Crippen molar-refractivity contribution < 1.29 is 10.2 Å². The molecule has 0 aromatic heterocycles. The highest BCUT2D eigenvalue weighted by Gasteiger charge is 2.12. The molecule has 9 heavy (non-hydrogen) atoms. The molecule has 2 nitrogen and oxygen atoms in total. The third-order valence-electron chi connectivity index (χ3n) is 1.21. The van der Waals surface area contributed by atoms with Gasteiger partial charge in [-0.05, 0) is 12.7 Å². The van der Waals surface area contributed by atoms with Gasteiger partial charge in [-0.3, -0.25) is 0 Å². The number of aliphatic hydroxyl groups is 2. The summed E-state index contributed by atoms with van der Waals surface area (Å²) in [5.74, 6) is 0. The van der Waals surface area contributed by atoms with Crippen molar-refractivity contribution in [3.05, 3.63) is 0 Å². The van der Waals surface area contributed by atoms with Gasteiger partial charge in [0.1, 0.15) is 0 Å². The van der Waals surface area contributed by atoms with E-state index in [-0.39, 0.29) is 5.25 Å². The van der Waals surface area contributed by atoms with Crippen LogP contribution in [0.15, 0.2) is 0 Å². The second kappa shape index (κ2) is 5.09. The van der Waals surface area contributed by atoms with Gasteiger partial charge in [0.15, 0.2) is 6.29 Å². The van der Waals surface area contributed by atoms with E-state index in [9.17, 15) is 0 Å². The largest absolute Gasteiger partial charge is 0.367 e. The van der Waals surface area contributed by atoms with Gasteiger partial charge < -0.3 is 10.2 Å². The second-order valence-corrected chi connectivity index (χ2v) is 3.05. The summed E-state index contributed by atoms with van der Waals surface area (Å²) in [6.45, 7) is 2.03. The van der Waals surface area contributed by atoms with E-state index >= 15 is 0 Å². The van der Waals surface area contributed by atoms with Crippen molar-refractivity contribution in [3.8, 4) is 0 Å². The summed E-state index contributed by atoms with van der Waals surface area (Å²) >= 11 is 1.50. The first-order valence-electron chi connectivity index (χ1n) is 3.11. The van der Waals surface area contributed by atoms with Gasteiger partial charge in [0.05, 0.1) is 5.25 Å². The van der Waals surface area contributed by atoms with E-state index in [2.05, 4.69) is 0 Å². The van der Waals surface area contributed by atoms with E-state index in [1.54, 1.807) is 0 Å². The van der Waals surface area contributed by atoms with Gasteiger partial charge in [0, 0.05) is 0 Å². The Morgan fingerprint density at radius 3 is 2.11 bits per heavy atom. The maximum absolute atomic E-state index is 8.68. The molecular formula is C6H14O2S. The maximum Gasteiger partial charge on any atom is 0.163 e. The Morgan fingerprint density at radius 2 is 2.00 bits per heavy atom. The SMILES string of the molecule is CCCC(SC)C(O)O. The van der Waals surface area contributed by atoms with E-state index < -0.39 is 6.29 Å². The van der Waals surface area contributed by atoms with E-state index in [4.69, 9.17) is 10.2 Å². The molecule has 0 bridgehead atoms. The van der Waals surface area contributed by atoms with Gasteiger partial charge >= 0.3 is 0 Å². The fourth-order valence-corrected chi connectivity index (χ4v) is 1.39. The molecule has 0 aromatic rings. The zero-order valence-electron chi connectivity index (χ0n) is 5.87. The molecule has 0 rings (SSSR count). The van der Waals surface area contributed by atoms with Crippen LogP contribution in [0.25, 0.3) is 0 Å². The molecule has 1 unspecified atom stereocenters. The third-order valence-corrected chi connectivity index (χ3v) is 2.29. The van der Waals surface area contributed by atoms with Gasteiger partial charge in [-0.25, -0.2) is 0 Å². The minimum absolute atomic E-state index is 0.00463. The molecule has 0 aliphatic rings. The van der Waals surface area contributed by atoms with Crippen LogP contribution >= 0.6 is 11.8 Å². The number of aliphatic hydroxyl groups excluding tert-OH is 1. The highest BCUT2D eigenvalue weighted by Crippen LogP contribution is 2.15. The predicted octanol–water partition coefficient (Wildman–Crippen LogP) is 0.829. The van der Waals surface area contributed by atoms with E-state index in [1.165, 1.54) is 11.8 Å². The highest BCUT2D eigenvalue weighted by atomic mass is 32.2. The topological polar surface area (TPSA) is 40.5 Å². The molecule has 0 spiro atoms. The van der Waals surface area contributed by atoms with Gasteiger partial charge in [-0.1, -0.05) is 13.3 Å². The van der Waals surface area contributed by atoms with Crippen molar-refractivity contribution in [2.75, 3.05) is 6.26 Å². The van der Waals surface area contributed by atoms with Crippen LogP contribution in [0.4, 0.5) is 0 Å². The van der Waals surface area contributed by atoms with Crippen molar-refractivity contribution in [1.29, 1.82) is 0 Å². The van der Waals surface area contributed by atoms with Crippen LogP contribution in [0.5, 0.6) is 0 Å². The predicted molar refractivity (Wildman–Crippen MR) is 40.4 cm³/mol. The summed E-state index contributed by atoms with van der Waals surface area (Å²) in [6, 6.07) is 0. The lowest BCUT2D eigenvalue weighted by atomic mass is 10.2. The Hall–Kier alpha value is 0.270. The summed E-state index contributed by atoms with van der Waals surface area (Å²) < 4.78 is 0. The minimum atomic E-state index is -1.15. The lowest BCUT2D eigenvalue weighted by Gasteiger charge is -2.14. The Labute approximate surface area is 60.3 Å². The Bertz CT molecular complexity index is 66.1. The summed E-state index contributed by atoms with van der Waals surface area (Å²) in [5.41, 5.74) is 0. The Kier molecular flexibility index (Phi) is 5.24. The number of rotatable bonds is 4. The maximum atomic E-state index is 8.68. The van der Waals surface area contributed by atoms with Gasteiger partial charge in [0.25, 0.3) is 0 Å². The number of hydrogen-bond donors (Lipinski definition) is 2. The van der Waals surface area contributed by atoms with Gasteiger partial charge in [0.2, 0.25) is 0 Å². The first-order chi connectivity index (χ1) is 4.22. The zero-order chi connectivity index (χ0) is 7.28. The standard InChI is InChI=1S/C6H14O2S/c1-3-4-5(9-2)6(7)8/h5-8H,3-4H2,1-2H3. The molecule has 2 N–H and O–H groups in total. The van der Waals surface area contributed by atoms with Crippen LogP contribution in [0.3, 0.4) is 0 Å². The Balaban J connectivity index is 3.41. The molecule has 0 radical (unpaired) electrons. The molecule has 0 aromatic carbocycles. The van der Waals surface area contributed by atoms with Crippen LogP contribution in [0, 0.1) is 0 Å². The molecule has 0 aliphatic heterocycles. The quantitative estimate of drug-likeness (QED) is 0.583. The van der Waals surface area contributed by atoms with Crippen molar-refractivity contribution in [1.82, 2.24) is 0 Å². The zero-order valence-corrected chi connectivity index (χ0v) is 6.69. The number of hydrogen-bond acceptors (Lipinski definition) is 3. The highest BCUT2D eigenvalue weighted by molar-refractivity contribution is 7.99. The average molecular weight is 150 g/mol. The lowest BCUT2D eigenvalue weighted by molar-refractivity contribution is -0.0412. The molecule has 0 saturated carbocycles. The molecule has 56 valence electrons. The molecule has 0 aliphatic carbocycles. The Morgan fingerprint density at radius 1 is 1.44 bits per heavy atom. The van der Waals surface area contributed by atoms with E-state index in [0.717, 1.165) is 12.8 Å².